The van der Waals surface area contributed by atoms with Gasteiger partial charge in [-0.3, -0.25) is 4.21 Å². The molecule has 0 fully saturated rings. The number of hydrogen-bond acceptors (Lipinski definition) is 3. The lowest BCUT2D eigenvalue weighted by atomic mass is 10.1. The van der Waals surface area contributed by atoms with Gasteiger partial charge in [-0.05, 0) is 35.4 Å². The summed E-state index contributed by atoms with van der Waals surface area (Å²) < 4.78 is 50.8. The number of rotatable bonds is 6. The second kappa shape index (κ2) is 7.72. The lowest BCUT2D eigenvalue weighted by Crippen LogP contribution is -2.24. The van der Waals surface area contributed by atoms with E-state index in [-0.39, 0.29) is 5.56 Å². The molecule has 2 aromatic rings. The van der Waals surface area contributed by atoms with Gasteiger partial charge in [-0.15, -0.1) is 0 Å². The highest BCUT2D eigenvalue weighted by Crippen LogP contribution is 2.20. The average Bonchev–Trinajstić information content (AvgIpc) is 2.53. The molecule has 0 saturated heterocycles. The molecule has 2 unspecified atom stereocenters. The normalized spacial score (nSPS) is 13.8. The first kappa shape index (κ1) is 17.7. The molecule has 2 atom stereocenters. The average molecular weight is 343 g/mol. The first-order valence-electron chi connectivity index (χ1n) is 6.83. The maximum absolute atomic E-state index is 13.3. The molecule has 124 valence electrons. The third kappa shape index (κ3) is 4.40. The molecule has 3 nitrogen and oxygen atoms in total. The predicted octanol–water partition coefficient (Wildman–Crippen LogP) is 2.66. The number of halogens is 3. The molecule has 0 radical (unpaired) electrons. The molecule has 0 saturated carbocycles. The van der Waals surface area contributed by atoms with Crippen LogP contribution in [-0.2, 0) is 17.3 Å². The van der Waals surface area contributed by atoms with E-state index in [9.17, 15) is 22.5 Å². The molecule has 0 aromatic heterocycles. The van der Waals surface area contributed by atoms with Gasteiger partial charge in [0.05, 0.1) is 12.6 Å². The molecular weight excluding hydrogens is 327 g/mol. The Hall–Kier alpha value is -1.70. The van der Waals surface area contributed by atoms with Crippen molar-refractivity contribution in [1.29, 1.82) is 0 Å². The Morgan fingerprint density at radius 2 is 1.70 bits per heavy atom. The van der Waals surface area contributed by atoms with Crippen LogP contribution in [0.2, 0.25) is 0 Å². The number of benzene rings is 2. The van der Waals surface area contributed by atoms with Crippen LogP contribution >= 0.6 is 0 Å². The highest BCUT2D eigenvalue weighted by Gasteiger charge is 2.16. The fourth-order valence-corrected chi connectivity index (χ4v) is 2.62. The third-order valence-corrected chi connectivity index (χ3v) is 4.33. The van der Waals surface area contributed by atoms with Crippen LogP contribution in [0.1, 0.15) is 17.2 Å². The van der Waals surface area contributed by atoms with Gasteiger partial charge in [-0.2, -0.15) is 0 Å². The van der Waals surface area contributed by atoms with Crippen LogP contribution in [0, 0.1) is 17.5 Å². The van der Waals surface area contributed by atoms with Gasteiger partial charge in [0.15, 0.2) is 17.5 Å². The summed E-state index contributed by atoms with van der Waals surface area (Å²) in [6.45, 7) is -0.0793. The number of aliphatic hydroxyl groups excluding tert-OH is 1. The van der Waals surface area contributed by atoms with Crippen molar-refractivity contribution in [1.82, 2.24) is 5.32 Å². The fraction of sp³-hybridized carbons (Fsp3) is 0.250. The molecule has 0 aliphatic heterocycles. The van der Waals surface area contributed by atoms with Crippen molar-refractivity contribution in [2.75, 3.05) is 12.9 Å². The van der Waals surface area contributed by atoms with Crippen LogP contribution in [0.4, 0.5) is 13.2 Å². The van der Waals surface area contributed by atoms with Crippen molar-refractivity contribution in [2.24, 2.45) is 0 Å². The molecule has 2 N–H and O–H groups in total. The van der Waals surface area contributed by atoms with Crippen LogP contribution in [0.25, 0.3) is 0 Å². The predicted molar refractivity (Wildman–Crippen MR) is 81.8 cm³/mol. The van der Waals surface area contributed by atoms with Crippen LogP contribution in [0.3, 0.4) is 0 Å². The second-order valence-corrected chi connectivity index (χ2v) is 6.39. The van der Waals surface area contributed by atoms with Crippen LogP contribution in [0.5, 0.6) is 0 Å². The van der Waals surface area contributed by atoms with Gasteiger partial charge >= 0.3 is 0 Å². The summed E-state index contributed by atoms with van der Waals surface area (Å²) in [5.41, 5.74) is 0.968. The van der Waals surface area contributed by atoms with Gasteiger partial charge in [0.1, 0.15) is 0 Å². The van der Waals surface area contributed by atoms with Crippen molar-refractivity contribution in [3.8, 4) is 0 Å². The molecule has 2 rings (SSSR count). The zero-order chi connectivity index (χ0) is 17.0. The minimum Gasteiger partial charge on any atom is -0.394 e. The Labute approximate surface area is 134 Å². The second-order valence-electron chi connectivity index (χ2n) is 5.01. The Bertz CT molecular complexity index is 684. The summed E-state index contributed by atoms with van der Waals surface area (Å²) in [6.07, 6.45) is 1.58. The van der Waals surface area contributed by atoms with E-state index in [1.54, 1.807) is 30.5 Å². The molecule has 0 bridgehead atoms. The lowest BCUT2D eigenvalue weighted by Gasteiger charge is -2.17. The summed E-state index contributed by atoms with van der Waals surface area (Å²) in [6, 6.07) is 7.95. The SMILES string of the molecule is CS(=O)c1ccc(CNC(CO)c2cc(F)c(F)c(F)c2)cc1. The van der Waals surface area contributed by atoms with Crippen LogP contribution in [-0.4, -0.2) is 22.2 Å². The van der Waals surface area contributed by atoms with Crippen molar-refractivity contribution in [3.05, 3.63) is 65.0 Å². The minimum absolute atomic E-state index is 0.121. The molecule has 0 aliphatic rings. The summed E-state index contributed by atoms with van der Waals surface area (Å²) in [7, 11) is -1.07. The lowest BCUT2D eigenvalue weighted by molar-refractivity contribution is 0.242. The number of hydrogen-bond donors (Lipinski definition) is 2. The van der Waals surface area contributed by atoms with E-state index in [1.807, 2.05) is 0 Å². The maximum atomic E-state index is 13.3. The number of aliphatic hydroxyl groups is 1. The highest BCUT2D eigenvalue weighted by atomic mass is 32.2. The van der Waals surface area contributed by atoms with Crippen molar-refractivity contribution in [2.45, 2.75) is 17.5 Å². The van der Waals surface area contributed by atoms with Gasteiger partial charge in [0.25, 0.3) is 0 Å². The summed E-state index contributed by atoms with van der Waals surface area (Å²) in [5, 5.41) is 12.3. The van der Waals surface area contributed by atoms with E-state index < -0.39 is 40.9 Å². The highest BCUT2D eigenvalue weighted by molar-refractivity contribution is 7.84. The third-order valence-electron chi connectivity index (χ3n) is 3.40. The summed E-state index contributed by atoms with van der Waals surface area (Å²) >= 11 is 0. The summed E-state index contributed by atoms with van der Waals surface area (Å²) in [4.78, 5) is 0.690. The van der Waals surface area contributed by atoms with Gasteiger partial charge in [-0.1, -0.05) is 12.1 Å². The van der Waals surface area contributed by atoms with E-state index in [0.29, 0.717) is 11.4 Å². The Kier molecular flexibility index (Phi) is 5.92. The zero-order valence-electron chi connectivity index (χ0n) is 12.4. The number of nitrogens with one attached hydrogen (secondary N) is 1. The quantitative estimate of drug-likeness (QED) is 0.793. The minimum atomic E-state index is -1.53. The monoisotopic (exact) mass is 343 g/mol. The van der Waals surface area contributed by atoms with Crippen LogP contribution < -0.4 is 5.32 Å². The molecule has 0 amide bonds. The van der Waals surface area contributed by atoms with E-state index in [1.165, 1.54) is 0 Å². The maximum Gasteiger partial charge on any atom is 0.194 e. The molecule has 7 heteroatoms. The van der Waals surface area contributed by atoms with Crippen LogP contribution in [0.15, 0.2) is 41.3 Å². The molecule has 0 aliphatic carbocycles. The largest absolute Gasteiger partial charge is 0.394 e. The molecule has 0 spiro atoms. The first-order chi connectivity index (χ1) is 10.9. The first-order valence-corrected chi connectivity index (χ1v) is 8.39. The molecule has 2 aromatic carbocycles. The van der Waals surface area contributed by atoms with E-state index in [2.05, 4.69) is 5.32 Å². The molecular formula is C16H16F3NO2S. The van der Waals surface area contributed by atoms with Gasteiger partial charge < -0.3 is 10.4 Å². The molecule has 23 heavy (non-hydrogen) atoms. The standard InChI is InChI=1S/C16H16F3NO2S/c1-23(22)12-4-2-10(3-5-12)8-20-15(9-21)11-6-13(17)16(19)14(18)7-11/h2-7,15,20-21H,8-9H2,1H3. The fourth-order valence-electron chi connectivity index (χ4n) is 2.10. The van der Waals surface area contributed by atoms with Gasteiger partial charge in [-0.25, -0.2) is 13.2 Å². The Morgan fingerprint density at radius 1 is 1.13 bits per heavy atom. The Balaban J connectivity index is 2.09. The van der Waals surface area contributed by atoms with Crippen molar-refractivity contribution >= 4 is 10.8 Å². The zero-order valence-corrected chi connectivity index (χ0v) is 13.2. The van der Waals surface area contributed by atoms with E-state index in [0.717, 1.165) is 17.7 Å². The topological polar surface area (TPSA) is 49.3 Å². The Morgan fingerprint density at radius 3 is 2.17 bits per heavy atom. The van der Waals surface area contributed by atoms with E-state index in [4.69, 9.17) is 0 Å². The van der Waals surface area contributed by atoms with E-state index >= 15 is 0 Å². The molecule has 0 heterocycles. The van der Waals surface area contributed by atoms with Crippen molar-refractivity contribution in [3.63, 3.8) is 0 Å². The summed E-state index contributed by atoms with van der Waals surface area (Å²) in [5.74, 6) is -4.13. The van der Waals surface area contributed by atoms with Gasteiger partial charge in [0.2, 0.25) is 0 Å². The van der Waals surface area contributed by atoms with Gasteiger partial charge in [0, 0.05) is 28.5 Å². The van der Waals surface area contributed by atoms with Crippen molar-refractivity contribution < 1.29 is 22.5 Å². The smallest absolute Gasteiger partial charge is 0.194 e.